The second-order valence-electron chi connectivity index (χ2n) is 4.39. The lowest BCUT2D eigenvalue weighted by molar-refractivity contribution is 0.602. The van der Waals surface area contributed by atoms with Gasteiger partial charge >= 0.3 is 0 Å². The third kappa shape index (κ3) is 3.98. The molecule has 0 saturated heterocycles. The molecule has 0 amide bonds. The Morgan fingerprint density at radius 1 is 1.15 bits per heavy atom. The van der Waals surface area contributed by atoms with Crippen molar-refractivity contribution in [3.63, 3.8) is 0 Å². The van der Waals surface area contributed by atoms with Crippen molar-refractivity contribution in [2.45, 2.75) is 11.4 Å². The molecule has 0 heterocycles. The number of halogens is 2. The van der Waals surface area contributed by atoms with E-state index in [1.807, 2.05) is 18.2 Å². The Hall–Kier alpha value is -1.04. The van der Waals surface area contributed by atoms with E-state index in [-0.39, 0.29) is 0 Å². The SMILES string of the molecule is CS(=O)(=O)c1ccc(NCc2ccc(Cl)cc2Br)cc1. The van der Waals surface area contributed by atoms with Gasteiger partial charge in [0.15, 0.2) is 9.84 Å². The number of sulfone groups is 1. The molecule has 0 bridgehead atoms. The summed E-state index contributed by atoms with van der Waals surface area (Å²) in [4.78, 5) is 0.315. The van der Waals surface area contributed by atoms with Gasteiger partial charge in [0.2, 0.25) is 0 Å². The highest BCUT2D eigenvalue weighted by Gasteiger charge is 2.06. The van der Waals surface area contributed by atoms with E-state index in [9.17, 15) is 8.42 Å². The third-order valence-electron chi connectivity index (χ3n) is 2.78. The van der Waals surface area contributed by atoms with Gasteiger partial charge in [-0.2, -0.15) is 0 Å². The zero-order chi connectivity index (χ0) is 14.8. The average Bonchev–Trinajstić information content (AvgIpc) is 2.37. The average molecular weight is 375 g/mol. The predicted octanol–water partition coefficient (Wildman–Crippen LogP) is 4.12. The minimum absolute atomic E-state index is 0.315. The van der Waals surface area contributed by atoms with Gasteiger partial charge in [-0.3, -0.25) is 0 Å². The zero-order valence-electron chi connectivity index (χ0n) is 10.7. The molecule has 0 aromatic heterocycles. The number of rotatable bonds is 4. The fraction of sp³-hybridized carbons (Fsp3) is 0.143. The van der Waals surface area contributed by atoms with Crippen LogP contribution in [0.3, 0.4) is 0 Å². The lowest BCUT2D eigenvalue weighted by atomic mass is 10.2. The van der Waals surface area contributed by atoms with Gasteiger partial charge in [0, 0.05) is 28.0 Å². The van der Waals surface area contributed by atoms with Crippen LogP contribution in [-0.2, 0) is 16.4 Å². The van der Waals surface area contributed by atoms with Crippen molar-refractivity contribution in [1.29, 1.82) is 0 Å². The monoisotopic (exact) mass is 373 g/mol. The van der Waals surface area contributed by atoms with E-state index in [1.165, 1.54) is 6.26 Å². The van der Waals surface area contributed by atoms with E-state index >= 15 is 0 Å². The molecule has 2 aromatic carbocycles. The fourth-order valence-electron chi connectivity index (χ4n) is 1.68. The maximum absolute atomic E-state index is 11.4. The van der Waals surface area contributed by atoms with E-state index < -0.39 is 9.84 Å². The van der Waals surface area contributed by atoms with Gasteiger partial charge in [0.25, 0.3) is 0 Å². The molecule has 0 radical (unpaired) electrons. The van der Waals surface area contributed by atoms with Crippen LogP contribution in [-0.4, -0.2) is 14.7 Å². The smallest absolute Gasteiger partial charge is 0.175 e. The van der Waals surface area contributed by atoms with Crippen molar-refractivity contribution in [2.24, 2.45) is 0 Å². The molecule has 0 saturated carbocycles. The molecule has 0 aliphatic carbocycles. The number of hydrogen-bond donors (Lipinski definition) is 1. The maximum atomic E-state index is 11.4. The Kier molecular flexibility index (Phi) is 4.73. The Labute approximate surface area is 132 Å². The van der Waals surface area contributed by atoms with E-state index in [0.717, 1.165) is 15.7 Å². The van der Waals surface area contributed by atoms with Gasteiger partial charge in [-0.15, -0.1) is 0 Å². The molecule has 106 valence electrons. The van der Waals surface area contributed by atoms with Crippen LogP contribution in [0.5, 0.6) is 0 Å². The molecule has 2 aromatic rings. The zero-order valence-corrected chi connectivity index (χ0v) is 13.9. The molecule has 0 fully saturated rings. The molecule has 2 rings (SSSR count). The van der Waals surface area contributed by atoms with Crippen LogP contribution in [0.4, 0.5) is 5.69 Å². The molecule has 1 N–H and O–H groups in total. The summed E-state index contributed by atoms with van der Waals surface area (Å²) in [5, 5.41) is 3.91. The Morgan fingerprint density at radius 3 is 2.35 bits per heavy atom. The molecule has 0 unspecified atom stereocenters. The second kappa shape index (κ2) is 6.16. The highest BCUT2D eigenvalue weighted by atomic mass is 79.9. The van der Waals surface area contributed by atoms with Crippen molar-refractivity contribution in [2.75, 3.05) is 11.6 Å². The van der Waals surface area contributed by atoms with E-state index in [2.05, 4.69) is 21.2 Å². The van der Waals surface area contributed by atoms with Gasteiger partial charge in [-0.25, -0.2) is 8.42 Å². The molecule has 0 aliphatic heterocycles. The lowest BCUT2D eigenvalue weighted by Gasteiger charge is -2.09. The first-order valence-corrected chi connectivity index (χ1v) is 8.90. The molecule has 3 nitrogen and oxygen atoms in total. The van der Waals surface area contributed by atoms with Crippen LogP contribution in [0.15, 0.2) is 51.8 Å². The van der Waals surface area contributed by atoms with Crippen molar-refractivity contribution in [3.8, 4) is 0 Å². The highest BCUT2D eigenvalue weighted by Crippen LogP contribution is 2.23. The summed E-state index contributed by atoms with van der Waals surface area (Å²) in [6, 6.07) is 12.3. The van der Waals surface area contributed by atoms with Crippen LogP contribution in [0.1, 0.15) is 5.56 Å². The molecule has 20 heavy (non-hydrogen) atoms. The third-order valence-corrected chi connectivity index (χ3v) is 4.88. The summed E-state index contributed by atoms with van der Waals surface area (Å²) in [7, 11) is -3.15. The molecule has 0 spiro atoms. The van der Waals surface area contributed by atoms with Gasteiger partial charge in [0.05, 0.1) is 4.90 Å². The quantitative estimate of drug-likeness (QED) is 0.875. The standard InChI is InChI=1S/C14H13BrClNO2S/c1-20(18,19)13-6-4-12(5-7-13)17-9-10-2-3-11(16)8-14(10)15/h2-8,17H,9H2,1H3. The van der Waals surface area contributed by atoms with Crippen molar-refractivity contribution in [1.82, 2.24) is 0 Å². The molecule has 6 heteroatoms. The largest absolute Gasteiger partial charge is 0.381 e. The Balaban J connectivity index is 2.08. The minimum atomic E-state index is -3.15. The first-order valence-electron chi connectivity index (χ1n) is 5.84. The topological polar surface area (TPSA) is 46.2 Å². The molecular formula is C14H13BrClNO2S. The summed E-state index contributed by atoms with van der Waals surface area (Å²) in [6.45, 7) is 0.621. The molecule has 0 aliphatic rings. The number of anilines is 1. The van der Waals surface area contributed by atoms with Crippen molar-refractivity contribution < 1.29 is 8.42 Å². The summed E-state index contributed by atoms with van der Waals surface area (Å²) in [5.74, 6) is 0. The first-order chi connectivity index (χ1) is 9.36. The van der Waals surface area contributed by atoms with Crippen molar-refractivity contribution in [3.05, 3.63) is 57.5 Å². The predicted molar refractivity (Wildman–Crippen MR) is 86.0 cm³/mol. The van der Waals surface area contributed by atoms with E-state index in [1.54, 1.807) is 24.3 Å². The number of hydrogen-bond acceptors (Lipinski definition) is 3. The Bertz CT molecular complexity index is 714. The molecular weight excluding hydrogens is 362 g/mol. The van der Waals surface area contributed by atoms with Crippen LogP contribution in [0, 0.1) is 0 Å². The summed E-state index contributed by atoms with van der Waals surface area (Å²) >= 11 is 9.34. The van der Waals surface area contributed by atoms with Gasteiger partial charge < -0.3 is 5.32 Å². The number of nitrogens with one attached hydrogen (secondary N) is 1. The second-order valence-corrected chi connectivity index (χ2v) is 7.69. The van der Waals surface area contributed by atoms with Gasteiger partial charge in [-0.05, 0) is 42.0 Å². The van der Waals surface area contributed by atoms with E-state index in [4.69, 9.17) is 11.6 Å². The van der Waals surface area contributed by atoms with Crippen LogP contribution in [0.2, 0.25) is 5.02 Å². The summed E-state index contributed by atoms with van der Waals surface area (Å²) in [6.07, 6.45) is 1.19. The highest BCUT2D eigenvalue weighted by molar-refractivity contribution is 9.10. The lowest BCUT2D eigenvalue weighted by Crippen LogP contribution is -2.01. The van der Waals surface area contributed by atoms with Gasteiger partial charge in [-0.1, -0.05) is 33.6 Å². The van der Waals surface area contributed by atoms with Crippen LogP contribution >= 0.6 is 27.5 Å². The number of benzene rings is 2. The first kappa shape index (κ1) is 15.4. The van der Waals surface area contributed by atoms with Crippen LogP contribution in [0.25, 0.3) is 0 Å². The van der Waals surface area contributed by atoms with Gasteiger partial charge in [0.1, 0.15) is 0 Å². The van der Waals surface area contributed by atoms with E-state index in [0.29, 0.717) is 16.5 Å². The minimum Gasteiger partial charge on any atom is -0.381 e. The normalized spacial score (nSPS) is 11.3. The molecule has 0 atom stereocenters. The summed E-state index contributed by atoms with van der Waals surface area (Å²) in [5.41, 5.74) is 1.93. The Morgan fingerprint density at radius 2 is 1.80 bits per heavy atom. The van der Waals surface area contributed by atoms with Crippen LogP contribution < -0.4 is 5.32 Å². The fourth-order valence-corrected chi connectivity index (χ4v) is 3.14. The van der Waals surface area contributed by atoms with Crippen molar-refractivity contribution >= 4 is 43.1 Å². The summed E-state index contributed by atoms with van der Waals surface area (Å²) < 4.78 is 23.7. The maximum Gasteiger partial charge on any atom is 0.175 e.